The zero-order valence-corrected chi connectivity index (χ0v) is 13.9. The molecular weight excluding hydrogens is 306 g/mol. The molecule has 0 unspecified atom stereocenters. The van der Waals surface area contributed by atoms with Gasteiger partial charge in [0.25, 0.3) is 11.5 Å². The lowest BCUT2D eigenvalue weighted by Crippen LogP contribution is -2.42. The molecule has 0 spiro atoms. The van der Waals surface area contributed by atoms with Crippen LogP contribution in [0.25, 0.3) is 0 Å². The van der Waals surface area contributed by atoms with Gasteiger partial charge in [-0.2, -0.15) is 5.10 Å². The van der Waals surface area contributed by atoms with Crippen molar-refractivity contribution in [3.8, 4) is 5.75 Å². The van der Waals surface area contributed by atoms with E-state index < -0.39 is 0 Å². The number of carbonyl (C=O) groups is 1. The van der Waals surface area contributed by atoms with Crippen molar-refractivity contribution in [3.05, 3.63) is 57.5 Å². The molecule has 3 rings (SSSR count). The second-order valence-corrected chi connectivity index (χ2v) is 6.19. The SMILES string of the molecule is Cc1cccc(OCC(=O)N[C@@H]2CCc3nn(C)c(=O)cc3C2)c1. The van der Waals surface area contributed by atoms with Crippen molar-refractivity contribution in [3.63, 3.8) is 0 Å². The Morgan fingerprint density at radius 2 is 2.25 bits per heavy atom. The maximum absolute atomic E-state index is 12.1. The third-order valence-corrected chi connectivity index (χ3v) is 4.18. The van der Waals surface area contributed by atoms with Crippen LogP contribution >= 0.6 is 0 Å². The molecule has 1 N–H and O–H groups in total. The van der Waals surface area contributed by atoms with Crippen LogP contribution in [0.4, 0.5) is 0 Å². The van der Waals surface area contributed by atoms with E-state index in [0.717, 1.165) is 29.7 Å². The molecule has 1 aliphatic carbocycles. The minimum Gasteiger partial charge on any atom is -0.484 e. The van der Waals surface area contributed by atoms with Gasteiger partial charge in [0, 0.05) is 19.2 Å². The maximum Gasteiger partial charge on any atom is 0.266 e. The van der Waals surface area contributed by atoms with Crippen molar-refractivity contribution < 1.29 is 9.53 Å². The zero-order chi connectivity index (χ0) is 17.1. The number of carbonyl (C=O) groups excluding carboxylic acids is 1. The molecule has 6 heteroatoms. The molecule has 0 saturated carbocycles. The van der Waals surface area contributed by atoms with Crippen LogP contribution in [0, 0.1) is 6.92 Å². The average Bonchev–Trinajstić information content (AvgIpc) is 2.54. The van der Waals surface area contributed by atoms with E-state index in [-0.39, 0.29) is 24.1 Å². The van der Waals surface area contributed by atoms with Crippen LogP contribution in [0.5, 0.6) is 5.75 Å². The highest BCUT2D eigenvalue weighted by Crippen LogP contribution is 2.18. The smallest absolute Gasteiger partial charge is 0.266 e. The Kier molecular flexibility index (Phi) is 4.64. The standard InChI is InChI=1S/C18H21N3O3/c1-12-4-3-5-15(8-12)24-11-17(22)19-14-6-7-16-13(9-14)10-18(23)21(2)20-16/h3-5,8,10,14H,6-7,9,11H2,1-2H3,(H,19,22)/t14-/m1/s1. The fourth-order valence-corrected chi connectivity index (χ4v) is 2.93. The lowest BCUT2D eigenvalue weighted by Gasteiger charge is -2.24. The fraction of sp³-hybridized carbons (Fsp3) is 0.389. The van der Waals surface area contributed by atoms with Crippen molar-refractivity contribution in [1.29, 1.82) is 0 Å². The van der Waals surface area contributed by atoms with Crippen LogP contribution in [-0.2, 0) is 24.7 Å². The summed E-state index contributed by atoms with van der Waals surface area (Å²) in [6.45, 7) is 1.96. The number of ether oxygens (including phenoxy) is 1. The number of benzene rings is 1. The van der Waals surface area contributed by atoms with E-state index >= 15 is 0 Å². The van der Waals surface area contributed by atoms with Crippen LogP contribution in [0.2, 0.25) is 0 Å². The van der Waals surface area contributed by atoms with Crippen molar-refractivity contribution in [2.24, 2.45) is 7.05 Å². The monoisotopic (exact) mass is 327 g/mol. The third kappa shape index (κ3) is 3.82. The molecule has 1 aromatic heterocycles. The molecule has 1 atom stereocenters. The molecule has 1 aliphatic rings. The van der Waals surface area contributed by atoms with E-state index in [1.807, 2.05) is 31.2 Å². The fourth-order valence-electron chi connectivity index (χ4n) is 2.93. The number of aromatic nitrogens is 2. The Bertz CT molecular complexity index is 813. The van der Waals surface area contributed by atoms with E-state index in [4.69, 9.17) is 4.74 Å². The summed E-state index contributed by atoms with van der Waals surface area (Å²) in [6.07, 6.45) is 2.20. The summed E-state index contributed by atoms with van der Waals surface area (Å²) < 4.78 is 6.87. The first-order valence-electron chi connectivity index (χ1n) is 8.06. The van der Waals surface area contributed by atoms with Crippen molar-refractivity contribution in [1.82, 2.24) is 15.1 Å². The molecule has 1 aromatic carbocycles. The van der Waals surface area contributed by atoms with Gasteiger partial charge in [0.2, 0.25) is 0 Å². The second-order valence-electron chi connectivity index (χ2n) is 6.19. The number of aryl methyl sites for hydroxylation is 3. The van der Waals surface area contributed by atoms with Crippen molar-refractivity contribution in [2.45, 2.75) is 32.2 Å². The molecule has 1 amide bonds. The number of amides is 1. The van der Waals surface area contributed by atoms with Crippen LogP contribution < -0.4 is 15.6 Å². The number of fused-ring (bicyclic) bond motifs is 1. The summed E-state index contributed by atoms with van der Waals surface area (Å²) in [5.41, 5.74) is 2.84. The normalized spacial score (nSPS) is 16.3. The third-order valence-electron chi connectivity index (χ3n) is 4.18. The summed E-state index contributed by atoms with van der Waals surface area (Å²) in [4.78, 5) is 23.8. The topological polar surface area (TPSA) is 73.2 Å². The highest BCUT2D eigenvalue weighted by atomic mass is 16.5. The summed E-state index contributed by atoms with van der Waals surface area (Å²) in [5.74, 6) is 0.536. The molecule has 6 nitrogen and oxygen atoms in total. The van der Waals surface area contributed by atoms with Gasteiger partial charge in [-0.05, 0) is 49.4 Å². The number of hydrogen-bond acceptors (Lipinski definition) is 4. The van der Waals surface area contributed by atoms with Gasteiger partial charge in [-0.15, -0.1) is 0 Å². The van der Waals surface area contributed by atoms with Gasteiger partial charge in [-0.3, -0.25) is 9.59 Å². The number of rotatable bonds is 4. The molecule has 126 valence electrons. The predicted molar refractivity (Wildman–Crippen MR) is 90.1 cm³/mol. The molecule has 24 heavy (non-hydrogen) atoms. The quantitative estimate of drug-likeness (QED) is 0.914. The van der Waals surface area contributed by atoms with Gasteiger partial charge in [0.05, 0.1) is 5.69 Å². The Labute approximate surface area is 140 Å². The summed E-state index contributed by atoms with van der Waals surface area (Å²) in [6, 6.07) is 9.23. The predicted octanol–water partition coefficient (Wildman–Crippen LogP) is 1.14. The van der Waals surface area contributed by atoms with Gasteiger partial charge in [-0.25, -0.2) is 4.68 Å². The first kappa shape index (κ1) is 16.2. The van der Waals surface area contributed by atoms with E-state index in [0.29, 0.717) is 12.2 Å². The molecule has 0 radical (unpaired) electrons. The highest BCUT2D eigenvalue weighted by molar-refractivity contribution is 5.77. The van der Waals surface area contributed by atoms with Crippen molar-refractivity contribution >= 4 is 5.91 Å². The van der Waals surface area contributed by atoms with Gasteiger partial charge in [-0.1, -0.05) is 12.1 Å². The van der Waals surface area contributed by atoms with Crippen LogP contribution in [0.1, 0.15) is 23.2 Å². The number of nitrogens with one attached hydrogen (secondary N) is 1. The largest absolute Gasteiger partial charge is 0.484 e. The minimum absolute atomic E-state index is 0.0123. The van der Waals surface area contributed by atoms with Crippen molar-refractivity contribution in [2.75, 3.05) is 6.61 Å². The Hall–Kier alpha value is -2.63. The Balaban J connectivity index is 1.55. The van der Waals surface area contributed by atoms with Crippen LogP contribution in [-0.4, -0.2) is 28.3 Å². The Morgan fingerprint density at radius 3 is 3.04 bits per heavy atom. The molecule has 0 aliphatic heterocycles. The van der Waals surface area contributed by atoms with E-state index in [2.05, 4.69) is 10.4 Å². The van der Waals surface area contributed by atoms with Crippen LogP contribution in [0.15, 0.2) is 35.1 Å². The van der Waals surface area contributed by atoms with Gasteiger partial charge < -0.3 is 10.1 Å². The first-order valence-corrected chi connectivity index (χ1v) is 8.06. The average molecular weight is 327 g/mol. The Morgan fingerprint density at radius 1 is 1.42 bits per heavy atom. The molecule has 1 heterocycles. The van der Waals surface area contributed by atoms with E-state index in [9.17, 15) is 9.59 Å². The molecule has 0 bridgehead atoms. The molecule has 0 saturated heterocycles. The minimum atomic E-state index is -0.151. The molecule has 0 fully saturated rings. The number of hydrogen-bond donors (Lipinski definition) is 1. The second kappa shape index (κ2) is 6.86. The summed E-state index contributed by atoms with van der Waals surface area (Å²) >= 11 is 0. The van der Waals surface area contributed by atoms with Gasteiger partial charge >= 0.3 is 0 Å². The number of nitrogens with zero attached hydrogens (tertiary/aromatic N) is 2. The zero-order valence-electron chi connectivity index (χ0n) is 13.9. The van der Waals surface area contributed by atoms with Gasteiger partial charge in [0.15, 0.2) is 6.61 Å². The lowest BCUT2D eigenvalue weighted by molar-refractivity contribution is -0.123. The molecular formula is C18H21N3O3. The van der Waals surface area contributed by atoms with E-state index in [1.165, 1.54) is 4.68 Å². The van der Waals surface area contributed by atoms with Gasteiger partial charge in [0.1, 0.15) is 5.75 Å². The first-order chi connectivity index (χ1) is 11.5. The lowest BCUT2D eigenvalue weighted by atomic mass is 9.92. The van der Waals surface area contributed by atoms with E-state index in [1.54, 1.807) is 13.1 Å². The van der Waals surface area contributed by atoms with Crippen LogP contribution in [0.3, 0.4) is 0 Å². The summed E-state index contributed by atoms with van der Waals surface area (Å²) in [7, 11) is 1.65. The summed E-state index contributed by atoms with van der Waals surface area (Å²) in [5, 5.41) is 7.26. The maximum atomic E-state index is 12.1. The highest BCUT2D eigenvalue weighted by Gasteiger charge is 2.22. The molecule has 2 aromatic rings.